The van der Waals surface area contributed by atoms with E-state index in [9.17, 15) is 13.2 Å². The Morgan fingerprint density at radius 1 is 1.00 bits per heavy atom. The quantitative estimate of drug-likeness (QED) is 0.644. The summed E-state index contributed by atoms with van der Waals surface area (Å²) in [6, 6.07) is 18.8. The van der Waals surface area contributed by atoms with Crippen LogP contribution in [0.1, 0.15) is 21.7 Å². The number of nitrogens with one attached hydrogen (secondary N) is 1. The average Bonchev–Trinajstić information content (AvgIpc) is 3.17. The van der Waals surface area contributed by atoms with Gasteiger partial charge in [0.05, 0.1) is 0 Å². The van der Waals surface area contributed by atoms with Gasteiger partial charge in [0, 0.05) is 19.3 Å². The molecule has 0 bridgehead atoms. The molecular weight excluding hydrogens is 388 g/mol. The van der Waals surface area contributed by atoms with Gasteiger partial charge in [0.2, 0.25) is 14.9 Å². The third-order valence-electron chi connectivity index (χ3n) is 4.39. The van der Waals surface area contributed by atoms with Crippen molar-refractivity contribution in [1.29, 1.82) is 0 Å². The van der Waals surface area contributed by atoms with Gasteiger partial charge in [0.1, 0.15) is 0 Å². The van der Waals surface area contributed by atoms with E-state index in [0.717, 1.165) is 29.5 Å². The molecule has 3 rings (SSSR count). The van der Waals surface area contributed by atoms with Gasteiger partial charge in [-0.2, -0.15) is 0 Å². The third-order valence-corrected chi connectivity index (χ3v) is 5.34. The Morgan fingerprint density at radius 2 is 1.69 bits per heavy atom. The lowest BCUT2D eigenvalue weighted by Crippen LogP contribution is -2.22. The van der Waals surface area contributed by atoms with E-state index in [2.05, 4.69) is 34.5 Å². The number of nitrogens with zero attached hydrogens (tertiary/aromatic N) is 1. The molecular formula is C22H24N2O4S. The second kappa shape index (κ2) is 8.63. The number of sulfone groups is 1. The first-order valence-corrected chi connectivity index (χ1v) is 11.0. The van der Waals surface area contributed by atoms with Gasteiger partial charge in [-0.05, 0) is 48.5 Å². The van der Waals surface area contributed by atoms with Crippen molar-refractivity contribution >= 4 is 15.7 Å². The summed E-state index contributed by atoms with van der Waals surface area (Å²) in [6.45, 7) is 1.17. The largest absolute Gasteiger partial charge is 0.440 e. The van der Waals surface area contributed by atoms with Gasteiger partial charge in [-0.1, -0.05) is 48.5 Å². The van der Waals surface area contributed by atoms with Gasteiger partial charge in [-0.3, -0.25) is 4.79 Å². The summed E-state index contributed by atoms with van der Waals surface area (Å²) in [5, 5.41) is 2.57. The van der Waals surface area contributed by atoms with Crippen molar-refractivity contribution in [3.8, 4) is 11.1 Å². The van der Waals surface area contributed by atoms with Crippen molar-refractivity contribution in [2.75, 3.05) is 20.4 Å². The van der Waals surface area contributed by atoms with Gasteiger partial charge in [-0.15, -0.1) is 0 Å². The van der Waals surface area contributed by atoms with Crippen LogP contribution in [0, 0.1) is 0 Å². The van der Waals surface area contributed by atoms with E-state index < -0.39 is 15.7 Å². The highest BCUT2D eigenvalue weighted by molar-refractivity contribution is 7.90. The molecule has 0 saturated heterocycles. The first-order chi connectivity index (χ1) is 13.7. The summed E-state index contributed by atoms with van der Waals surface area (Å²) in [5.41, 5.74) is 4.27. The van der Waals surface area contributed by atoms with Crippen LogP contribution in [0.25, 0.3) is 11.1 Å². The van der Waals surface area contributed by atoms with Gasteiger partial charge >= 0.3 is 0 Å². The van der Waals surface area contributed by atoms with E-state index in [1.165, 1.54) is 17.7 Å². The molecule has 1 amide bonds. The summed E-state index contributed by atoms with van der Waals surface area (Å²) in [6.07, 6.45) is 1.04. The molecule has 1 heterocycles. The Bertz CT molecular complexity index is 1100. The maximum atomic E-state index is 12.3. The third kappa shape index (κ3) is 5.34. The first-order valence-electron chi connectivity index (χ1n) is 9.14. The maximum absolute atomic E-state index is 12.3. The maximum Gasteiger partial charge on any atom is 0.287 e. The second-order valence-electron chi connectivity index (χ2n) is 7.17. The molecule has 1 aromatic heterocycles. The first kappa shape index (κ1) is 20.8. The monoisotopic (exact) mass is 412 g/mol. The fourth-order valence-electron chi connectivity index (χ4n) is 3.02. The average molecular weight is 413 g/mol. The molecule has 0 atom stereocenters. The molecule has 29 heavy (non-hydrogen) atoms. The second-order valence-corrected chi connectivity index (χ2v) is 9.11. The lowest BCUT2D eigenvalue weighted by atomic mass is 9.98. The molecule has 6 nitrogen and oxygen atoms in total. The molecule has 0 aliphatic heterocycles. The summed E-state index contributed by atoms with van der Waals surface area (Å²) >= 11 is 0. The van der Waals surface area contributed by atoms with Crippen LogP contribution in [0.5, 0.6) is 0 Å². The van der Waals surface area contributed by atoms with Crippen molar-refractivity contribution < 1.29 is 17.6 Å². The smallest absolute Gasteiger partial charge is 0.287 e. The number of rotatable bonds is 7. The SMILES string of the molecule is CN(C)Cc1ccc(-c2ccccc2CNC(=O)c2ccc(S(C)(=O)=O)o2)cc1. The predicted octanol–water partition coefficient (Wildman–Crippen LogP) is 3.34. The highest BCUT2D eigenvalue weighted by Gasteiger charge is 2.17. The fourth-order valence-corrected chi connectivity index (χ4v) is 3.57. The van der Waals surface area contributed by atoms with Crippen molar-refractivity contribution in [3.05, 3.63) is 77.6 Å². The van der Waals surface area contributed by atoms with E-state index in [1.807, 2.05) is 38.4 Å². The van der Waals surface area contributed by atoms with E-state index in [-0.39, 0.29) is 10.9 Å². The Labute approximate surface area is 171 Å². The minimum atomic E-state index is -3.49. The van der Waals surface area contributed by atoms with Crippen LogP contribution in [0.15, 0.2) is 70.2 Å². The highest BCUT2D eigenvalue weighted by Crippen LogP contribution is 2.24. The summed E-state index contributed by atoms with van der Waals surface area (Å²) in [5.74, 6) is -0.494. The molecule has 1 N–H and O–H groups in total. The van der Waals surface area contributed by atoms with E-state index in [1.54, 1.807) is 0 Å². The predicted molar refractivity (Wildman–Crippen MR) is 112 cm³/mol. The zero-order valence-electron chi connectivity index (χ0n) is 16.7. The molecule has 0 saturated carbocycles. The van der Waals surface area contributed by atoms with Gasteiger partial charge in [-0.25, -0.2) is 8.42 Å². The van der Waals surface area contributed by atoms with Gasteiger partial charge < -0.3 is 14.6 Å². The molecule has 0 unspecified atom stereocenters. The van der Waals surface area contributed by atoms with Crippen molar-refractivity contribution in [3.63, 3.8) is 0 Å². The van der Waals surface area contributed by atoms with Crippen LogP contribution in [0.2, 0.25) is 0 Å². The summed E-state index contributed by atoms with van der Waals surface area (Å²) in [7, 11) is 0.577. The van der Waals surface area contributed by atoms with Gasteiger partial charge in [0.25, 0.3) is 5.91 Å². The number of benzene rings is 2. The summed E-state index contributed by atoms with van der Waals surface area (Å²) in [4.78, 5) is 14.5. The molecule has 7 heteroatoms. The van der Waals surface area contributed by atoms with E-state index in [0.29, 0.717) is 6.54 Å². The Balaban J connectivity index is 1.74. The minimum absolute atomic E-state index is 0.0315. The topological polar surface area (TPSA) is 79.6 Å². The standard InChI is InChI=1S/C22H24N2O4S/c1-24(2)15-16-8-10-17(11-9-16)19-7-5-4-6-18(19)14-23-22(25)20-12-13-21(28-20)29(3,26)27/h4-13H,14-15H2,1-3H3,(H,23,25). The molecule has 0 spiro atoms. The lowest BCUT2D eigenvalue weighted by Gasteiger charge is -2.13. The zero-order chi connectivity index (χ0) is 21.0. The van der Waals surface area contributed by atoms with Gasteiger partial charge in [0.15, 0.2) is 5.76 Å². The van der Waals surface area contributed by atoms with Crippen molar-refractivity contribution in [1.82, 2.24) is 10.2 Å². The number of amides is 1. The van der Waals surface area contributed by atoms with Crippen LogP contribution < -0.4 is 5.32 Å². The summed E-state index contributed by atoms with van der Waals surface area (Å²) < 4.78 is 28.2. The molecule has 0 radical (unpaired) electrons. The molecule has 2 aromatic carbocycles. The molecule has 0 fully saturated rings. The number of hydrogen-bond acceptors (Lipinski definition) is 5. The number of hydrogen-bond donors (Lipinski definition) is 1. The number of carbonyl (C=O) groups is 1. The Morgan fingerprint density at radius 3 is 2.31 bits per heavy atom. The lowest BCUT2D eigenvalue weighted by molar-refractivity contribution is 0.0918. The number of carbonyl (C=O) groups excluding carboxylic acids is 1. The van der Waals surface area contributed by atoms with Crippen LogP contribution >= 0.6 is 0 Å². The van der Waals surface area contributed by atoms with Crippen LogP contribution in [-0.4, -0.2) is 39.6 Å². The molecule has 3 aromatic rings. The Hall–Kier alpha value is -2.90. The zero-order valence-corrected chi connectivity index (χ0v) is 17.5. The fraction of sp³-hybridized carbons (Fsp3) is 0.227. The highest BCUT2D eigenvalue weighted by atomic mass is 32.2. The minimum Gasteiger partial charge on any atom is -0.440 e. The van der Waals surface area contributed by atoms with Crippen molar-refractivity contribution in [2.45, 2.75) is 18.2 Å². The normalized spacial score (nSPS) is 11.6. The molecule has 0 aliphatic carbocycles. The molecule has 0 aliphatic rings. The van der Waals surface area contributed by atoms with E-state index >= 15 is 0 Å². The van der Waals surface area contributed by atoms with E-state index in [4.69, 9.17) is 4.42 Å². The Kier molecular flexibility index (Phi) is 6.20. The number of furan rings is 1. The van der Waals surface area contributed by atoms with Crippen LogP contribution in [0.3, 0.4) is 0 Å². The van der Waals surface area contributed by atoms with Crippen LogP contribution in [-0.2, 0) is 22.9 Å². The van der Waals surface area contributed by atoms with Crippen molar-refractivity contribution in [2.24, 2.45) is 0 Å². The molecule has 152 valence electrons. The van der Waals surface area contributed by atoms with Crippen LogP contribution in [0.4, 0.5) is 0 Å².